The zero-order valence-electron chi connectivity index (χ0n) is 16.6. The van der Waals surface area contributed by atoms with Crippen LogP contribution in [0, 0.1) is 0 Å². The van der Waals surface area contributed by atoms with Gasteiger partial charge in [0.05, 0.1) is 24.4 Å². The van der Waals surface area contributed by atoms with Crippen LogP contribution in [0.2, 0.25) is 0 Å². The van der Waals surface area contributed by atoms with Crippen LogP contribution in [0.1, 0.15) is 52.7 Å². The highest BCUT2D eigenvalue weighted by Crippen LogP contribution is 2.46. The van der Waals surface area contributed by atoms with Crippen LogP contribution in [-0.2, 0) is 33.6 Å². The van der Waals surface area contributed by atoms with Crippen molar-refractivity contribution in [1.82, 2.24) is 10.1 Å². The Hall–Kier alpha value is -2.46. The first-order valence-corrected chi connectivity index (χ1v) is 11.1. The molecule has 0 spiro atoms. The van der Waals surface area contributed by atoms with Crippen molar-refractivity contribution >= 4 is 23.1 Å². The number of rotatable bonds is 6. The molecule has 2 aromatic rings. The van der Waals surface area contributed by atoms with Crippen LogP contribution in [0.4, 0.5) is 8.78 Å². The van der Waals surface area contributed by atoms with Crippen molar-refractivity contribution < 1.29 is 32.7 Å². The molecule has 2 aromatic heterocycles. The molecule has 0 radical (unpaired) electrons. The molecular weight excluding hydrogens is 430 g/mol. The quantitative estimate of drug-likeness (QED) is 0.716. The maximum Gasteiger partial charge on any atom is 0.334 e. The topological polar surface area (TPSA) is 103 Å². The first-order valence-electron chi connectivity index (χ1n) is 10.2. The third-order valence-corrected chi connectivity index (χ3v) is 7.18. The van der Waals surface area contributed by atoms with E-state index in [4.69, 9.17) is 9.26 Å². The largest absolute Gasteiger partial charge is 0.478 e. The van der Waals surface area contributed by atoms with E-state index < -0.39 is 11.9 Å². The van der Waals surface area contributed by atoms with E-state index in [-0.39, 0.29) is 74.1 Å². The third-order valence-electron chi connectivity index (χ3n) is 5.94. The summed E-state index contributed by atoms with van der Waals surface area (Å²) in [5, 5.41) is 13.4. The zero-order valence-corrected chi connectivity index (χ0v) is 17.4. The minimum atomic E-state index is -2.79. The molecule has 1 saturated carbocycles. The lowest BCUT2D eigenvalue weighted by Gasteiger charge is -2.21. The number of nitrogens with zero attached hydrogens (tertiary/aromatic N) is 2. The van der Waals surface area contributed by atoms with Gasteiger partial charge in [0.15, 0.2) is 11.6 Å². The average Bonchev–Trinajstić information content (AvgIpc) is 3.36. The molecule has 1 fully saturated rings. The molecule has 1 aliphatic heterocycles. The maximum absolute atomic E-state index is 14.0. The van der Waals surface area contributed by atoms with Gasteiger partial charge in [-0.15, -0.1) is 11.3 Å². The second-order valence-corrected chi connectivity index (χ2v) is 9.42. The lowest BCUT2D eigenvalue weighted by atomic mass is 9.90. The second-order valence-electron chi connectivity index (χ2n) is 8.23. The smallest absolute Gasteiger partial charge is 0.334 e. The molecule has 164 valence electrons. The summed E-state index contributed by atoms with van der Waals surface area (Å²) in [6.45, 7) is 0.150. The van der Waals surface area contributed by atoms with Gasteiger partial charge in [0.25, 0.3) is 11.8 Å². The normalized spacial score (nSPS) is 20.6. The van der Waals surface area contributed by atoms with Gasteiger partial charge in [0.2, 0.25) is 0 Å². The number of ketones is 1. The molecule has 0 aromatic carbocycles. The molecule has 1 N–H and O–H groups in total. The molecule has 7 nitrogen and oxygen atoms in total. The van der Waals surface area contributed by atoms with E-state index in [0.717, 1.165) is 29.7 Å². The summed E-state index contributed by atoms with van der Waals surface area (Å²) in [5.74, 6) is -3.18. The number of carboxylic acids is 1. The van der Waals surface area contributed by atoms with E-state index in [9.17, 15) is 23.5 Å². The lowest BCUT2D eigenvalue weighted by molar-refractivity contribution is -0.134. The fourth-order valence-corrected chi connectivity index (χ4v) is 5.59. The summed E-state index contributed by atoms with van der Waals surface area (Å²) < 4.78 is 38.7. The van der Waals surface area contributed by atoms with Gasteiger partial charge in [-0.3, -0.25) is 4.79 Å². The first-order chi connectivity index (χ1) is 14.8. The van der Waals surface area contributed by atoms with Crippen molar-refractivity contribution in [2.24, 2.45) is 0 Å². The number of carbonyl (C=O) groups excluding carboxylic acids is 1. The van der Waals surface area contributed by atoms with Gasteiger partial charge in [-0.05, 0) is 31.2 Å². The van der Waals surface area contributed by atoms with Crippen molar-refractivity contribution in [3.63, 3.8) is 0 Å². The zero-order chi connectivity index (χ0) is 21.8. The van der Waals surface area contributed by atoms with Gasteiger partial charge in [-0.1, -0.05) is 5.16 Å². The molecule has 0 saturated heterocycles. The number of aromatic nitrogens is 2. The Balaban J connectivity index is 1.53. The monoisotopic (exact) mass is 450 g/mol. The summed E-state index contributed by atoms with van der Waals surface area (Å²) >= 11 is 1.16. The number of carboxylic acid groups (broad SMARTS) is 1. The summed E-state index contributed by atoms with van der Waals surface area (Å²) in [7, 11) is 0. The van der Waals surface area contributed by atoms with Crippen molar-refractivity contribution in [3.05, 3.63) is 32.3 Å². The number of hydrogen-bond donors (Lipinski definition) is 1. The van der Waals surface area contributed by atoms with Gasteiger partial charge >= 0.3 is 5.97 Å². The molecule has 2 aliphatic carbocycles. The van der Waals surface area contributed by atoms with Gasteiger partial charge in [0.1, 0.15) is 0 Å². The number of ether oxygens (including phenoxy) is 1. The molecule has 0 amide bonds. The number of thiophene rings is 1. The lowest BCUT2D eigenvalue weighted by Crippen LogP contribution is -2.24. The van der Waals surface area contributed by atoms with E-state index in [1.165, 1.54) is 0 Å². The van der Waals surface area contributed by atoms with Gasteiger partial charge < -0.3 is 14.4 Å². The van der Waals surface area contributed by atoms with Crippen LogP contribution in [0.15, 0.2) is 15.7 Å². The SMILES string of the molecule is O=C(O)C1=C(C(=O)Cc2sc3c(c2-c2nc(C4CC4)no2)CCC(F)(F)C3)CCOC1. The molecule has 0 unspecified atom stereocenters. The Morgan fingerprint density at radius 2 is 2.03 bits per heavy atom. The van der Waals surface area contributed by atoms with Crippen molar-refractivity contribution in [2.75, 3.05) is 13.2 Å². The molecule has 0 bridgehead atoms. The van der Waals surface area contributed by atoms with Crippen LogP contribution < -0.4 is 0 Å². The summed E-state index contributed by atoms with van der Waals surface area (Å²) in [6.07, 6.45) is 1.62. The minimum absolute atomic E-state index is 0.0422. The van der Waals surface area contributed by atoms with Gasteiger partial charge in [0, 0.05) is 40.5 Å². The van der Waals surface area contributed by atoms with E-state index in [2.05, 4.69) is 10.1 Å². The molecule has 10 heteroatoms. The predicted molar refractivity (Wildman–Crippen MR) is 105 cm³/mol. The van der Waals surface area contributed by atoms with E-state index in [1.807, 2.05) is 0 Å². The number of carbonyl (C=O) groups is 2. The van der Waals surface area contributed by atoms with E-state index in [0.29, 0.717) is 21.1 Å². The van der Waals surface area contributed by atoms with Crippen LogP contribution >= 0.6 is 11.3 Å². The van der Waals surface area contributed by atoms with Crippen LogP contribution in [0.5, 0.6) is 0 Å². The molecular formula is C21H20F2N2O5S. The molecule has 3 aliphatic rings. The fourth-order valence-electron chi connectivity index (χ4n) is 4.16. The Bertz CT molecular complexity index is 1100. The highest BCUT2D eigenvalue weighted by Gasteiger charge is 2.39. The van der Waals surface area contributed by atoms with Crippen LogP contribution in [0.3, 0.4) is 0 Å². The summed E-state index contributed by atoms with van der Waals surface area (Å²) in [5.41, 5.74) is 1.50. The van der Waals surface area contributed by atoms with E-state index >= 15 is 0 Å². The highest BCUT2D eigenvalue weighted by molar-refractivity contribution is 7.12. The average molecular weight is 450 g/mol. The number of aliphatic carboxylic acids is 1. The molecule has 0 atom stereocenters. The number of fused-ring (bicyclic) bond motifs is 1. The van der Waals surface area contributed by atoms with Gasteiger partial charge in [-0.25, -0.2) is 13.6 Å². The van der Waals surface area contributed by atoms with Gasteiger partial charge in [-0.2, -0.15) is 4.98 Å². The Labute approximate surface area is 180 Å². The molecule has 5 rings (SSSR count). The van der Waals surface area contributed by atoms with Crippen LogP contribution in [-0.4, -0.2) is 46.1 Å². The fraction of sp³-hybridized carbons (Fsp3) is 0.524. The van der Waals surface area contributed by atoms with E-state index in [1.54, 1.807) is 0 Å². The molecule has 31 heavy (non-hydrogen) atoms. The number of halogens is 2. The standard InChI is InChI=1S/C21H20F2N2O5S/c22-21(23)5-3-12-16(8-21)31-15(17(12)19-24-18(25-30-19)10-1-2-10)7-14(26)11-4-6-29-9-13(11)20(27)28/h10H,1-9H2,(H,27,28). The maximum atomic E-state index is 14.0. The minimum Gasteiger partial charge on any atom is -0.478 e. The van der Waals surface area contributed by atoms with Crippen molar-refractivity contribution in [2.45, 2.75) is 56.8 Å². The number of alkyl halides is 2. The number of hydrogen-bond acceptors (Lipinski definition) is 7. The Morgan fingerprint density at radius 1 is 1.23 bits per heavy atom. The number of Topliss-reactive ketones (excluding diaryl/α,β-unsaturated/α-hetero) is 1. The summed E-state index contributed by atoms with van der Waals surface area (Å²) in [6, 6.07) is 0. The second kappa shape index (κ2) is 7.59. The van der Waals surface area contributed by atoms with Crippen molar-refractivity contribution in [3.8, 4) is 11.5 Å². The first kappa shape index (κ1) is 20.4. The summed E-state index contributed by atoms with van der Waals surface area (Å²) in [4.78, 5) is 30.1. The van der Waals surface area contributed by atoms with Crippen molar-refractivity contribution in [1.29, 1.82) is 0 Å². The third kappa shape index (κ3) is 3.94. The van der Waals surface area contributed by atoms with Crippen LogP contribution in [0.25, 0.3) is 11.5 Å². The predicted octanol–water partition coefficient (Wildman–Crippen LogP) is 3.71. The Morgan fingerprint density at radius 3 is 2.77 bits per heavy atom. The molecule has 3 heterocycles. The Kier molecular flexibility index (Phi) is 5.01. The highest BCUT2D eigenvalue weighted by atomic mass is 32.1.